The molecule has 8 nitrogen and oxygen atoms in total. The Kier molecular flexibility index (Phi) is 7.46. The van der Waals surface area contributed by atoms with Crippen molar-refractivity contribution in [3.05, 3.63) is 52.0 Å². The molecular weight excluding hydrogens is 442 g/mol. The van der Waals surface area contributed by atoms with Crippen molar-refractivity contribution in [2.24, 2.45) is 5.73 Å². The van der Waals surface area contributed by atoms with Crippen LogP contribution in [-0.2, 0) is 10.3 Å². The highest BCUT2D eigenvalue weighted by molar-refractivity contribution is 9.10. The quantitative estimate of drug-likeness (QED) is 0.268. The lowest BCUT2D eigenvalue weighted by molar-refractivity contribution is -0.142. The van der Waals surface area contributed by atoms with E-state index in [1.807, 2.05) is 0 Å². The average Bonchev–Trinajstić information content (AvgIpc) is 2.70. The molecule has 0 radical (unpaired) electrons. The number of methoxy groups -OCH3 is 1. The monoisotopic (exact) mass is 465 g/mol. The van der Waals surface area contributed by atoms with Gasteiger partial charge in [-0.05, 0) is 42.8 Å². The predicted molar refractivity (Wildman–Crippen MR) is 114 cm³/mol. The number of nitrogens with two attached hydrogens (primary N) is 1. The Labute approximate surface area is 177 Å². The Hall–Kier alpha value is -2.78. The number of benzene rings is 2. The summed E-state index contributed by atoms with van der Waals surface area (Å²) in [5, 5.41) is 30.0. The molecule has 0 amide bonds. The molecule has 0 spiro atoms. The van der Waals surface area contributed by atoms with E-state index in [4.69, 9.17) is 20.6 Å². The van der Waals surface area contributed by atoms with E-state index >= 15 is 0 Å². The molecule has 29 heavy (non-hydrogen) atoms. The number of carboxylic acid groups (broad SMARTS) is 1. The second-order valence-corrected chi connectivity index (χ2v) is 7.15. The van der Waals surface area contributed by atoms with Crippen LogP contribution in [-0.4, -0.2) is 42.3 Å². The molecule has 0 saturated heterocycles. The van der Waals surface area contributed by atoms with Crippen molar-refractivity contribution in [2.75, 3.05) is 25.6 Å². The molecule has 9 heteroatoms. The van der Waals surface area contributed by atoms with E-state index in [9.17, 15) is 15.0 Å². The largest absolute Gasteiger partial charge is 0.493 e. The van der Waals surface area contributed by atoms with Gasteiger partial charge in [-0.3, -0.25) is 5.41 Å². The molecule has 2 aromatic rings. The molecule has 156 valence electrons. The van der Waals surface area contributed by atoms with Crippen molar-refractivity contribution in [2.45, 2.75) is 18.9 Å². The molecule has 0 aliphatic rings. The second-order valence-electron chi connectivity index (χ2n) is 6.24. The zero-order chi connectivity index (χ0) is 21.6. The maximum Gasteiger partial charge on any atom is 0.334 e. The van der Waals surface area contributed by atoms with Gasteiger partial charge in [-0.1, -0.05) is 22.9 Å². The van der Waals surface area contributed by atoms with E-state index in [2.05, 4.69) is 21.2 Å². The number of rotatable bonds is 10. The van der Waals surface area contributed by atoms with E-state index in [0.29, 0.717) is 27.0 Å². The third-order valence-electron chi connectivity index (χ3n) is 4.49. The van der Waals surface area contributed by atoms with E-state index in [0.717, 1.165) is 0 Å². The summed E-state index contributed by atoms with van der Waals surface area (Å²) < 4.78 is 11.7. The van der Waals surface area contributed by atoms with Crippen molar-refractivity contribution in [3.8, 4) is 11.5 Å². The zero-order valence-electron chi connectivity index (χ0n) is 16.2. The molecule has 2 rings (SSSR count). The number of nitrogens with one attached hydrogen (secondary N) is 2. The Balaban J connectivity index is 2.63. The molecule has 6 N–H and O–H groups in total. The van der Waals surface area contributed by atoms with Gasteiger partial charge >= 0.3 is 5.97 Å². The van der Waals surface area contributed by atoms with Crippen LogP contribution in [0.2, 0.25) is 0 Å². The van der Waals surface area contributed by atoms with Gasteiger partial charge in [0.15, 0.2) is 17.0 Å². The standard InChI is InChI=1S/C20H24BrN3O5/c1-3-20(19(26)27,24-14-6-4-12(5-7-14)18(22)23)15-10-13(21)11-16(28-2)17(15)29-9-8-25/h4-7,10-11,24-25H,3,8-9H2,1-2H3,(H3,22,23)(H,26,27). The first-order valence-electron chi connectivity index (χ1n) is 8.86. The van der Waals surface area contributed by atoms with E-state index in [-0.39, 0.29) is 31.2 Å². The van der Waals surface area contributed by atoms with Crippen LogP contribution >= 0.6 is 15.9 Å². The first kappa shape index (κ1) is 22.5. The molecular formula is C20H24BrN3O5. The fourth-order valence-electron chi connectivity index (χ4n) is 2.98. The summed E-state index contributed by atoms with van der Waals surface area (Å²) in [7, 11) is 1.46. The maximum absolute atomic E-state index is 12.5. The van der Waals surface area contributed by atoms with Crippen LogP contribution in [0.3, 0.4) is 0 Å². The number of carbonyl (C=O) groups is 1. The highest BCUT2D eigenvalue weighted by Crippen LogP contribution is 2.43. The number of carboxylic acids is 1. The lowest BCUT2D eigenvalue weighted by Gasteiger charge is -2.33. The van der Waals surface area contributed by atoms with Gasteiger partial charge in [0.05, 0.1) is 13.7 Å². The topological polar surface area (TPSA) is 138 Å². The van der Waals surface area contributed by atoms with Gasteiger partial charge in [0, 0.05) is 21.3 Å². The Morgan fingerprint density at radius 1 is 1.31 bits per heavy atom. The minimum absolute atomic E-state index is 0.0162. The molecule has 0 saturated carbocycles. The van der Waals surface area contributed by atoms with Crippen molar-refractivity contribution < 1.29 is 24.5 Å². The van der Waals surface area contributed by atoms with Gasteiger partial charge in [-0.15, -0.1) is 0 Å². The van der Waals surface area contributed by atoms with Crippen LogP contribution in [0.1, 0.15) is 24.5 Å². The number of hydrogen-bond acceptors (Lipinski definition) is 6. The van der Waals surface area contributed by atoms with E-state index in [1.54, 1.807) is 43.3 Å². The number of aliphatic carboxylic acids is 1. The van der Waals surface area contributed by atoms with Crippen LogP contribution in [0.25, 0.3) is 0 Å². The van der Waals surface area contributed by atoms with Gasteiger partial charge in [-0.2, -0.15) is 0 Å². The van der Waals surface area contributed by atoms with Crippen LogP contribution in [0.5, 0.6) is 11.5 Å². The summed E-state index contributed by atoms with van der Waals surface area (Å²) >= 11 is 3.39. The number of aliphatic hydroxyl groups excluding tert-OH is 1. The summed E-state index contributed by atoms with van der Waals surface area (Å²) in [5.41, 5.74) is 5.36. The number of ether oxygens (including phenoxy) is 2. The second kappa shape index (κ2) is 9.62. The fourth-order valence-corrected chi connectivity index (χ4v) is 3.42. The lowest BCUT2D eigenvalue weighted by Crippen LogP contribution is -2.43. The third kappa shape index (κ3) is 4.80. The van der Waals surface area contributed by atoms with Crippen molar-refractivity contribution in [1.82, 2.24) is 0 Å². The van der Waals surface area contributed by atoms with Gasteiger partial charge < -0.3 is 30.7 Å². The summed E-state index contributed by atoms with van der Waals surface area (Å²) in [4.78, 5) is 12.5. The van der Waals surface area contributed by atoms with Gasteiger partial charge in [0.1, 0.15) is 12.4 Å². The van der Waals surface area contributed by atoms with Gasteiger partial charge in [0.25, 0.3) is 0 Å². The summed E-state index contributed by atoms with van der Waals surface area (Å²) in [5.74, 6) is -0.602. The van der Waals surface area contributed by atoms with Crippen molar-refractivity contribution >= 4 is 33.4 Å². The molecule has 1 unspecified atom stereocenters. The molecule has 2 aromatic carbocycles. The molecule has 0 fully saturated rings. The Morgan fingerprint density at radius 2 is 1.97 bits per heavy atom. The molecule has 0 aliphatic carbocycles. The zero-order valence-corrected chi connectivity index (χ0v) is 17.7. The minimum Gasteiger partial charge on any atom is -0.493 e. The average molecular weight is 466 g/mol. The SMILES string of the molecule is CCC(Nc1ccc(C(=N)N)cc1)(C(=O)O)c1cc(Br)cc(OC)c1OCCO. The highest BCUT2D eigenvalue weighted by Gasteiger charge is 2.42. The van der Waals surface area contributed by atoms with Crippen LogP contribution in [0.15, 0.2) is 40.9 Å². The summed E-state index contributed by atoms with van der Waals surface area (Å²) in [6.07, 6.45) is 0.186. The number of anilines is 1. The fraction of sp³-hybridized carbons (Fsp3) is 0.300. The molecule has 0 bridgehead atoms. The van der Waals surface area contributed by atoms with Crippen LogP contribution < -0.4 is 20.5 Å². The van der Waals surface area contributed by atoms with Crippen molar-refractivity contribution in [1.29, 1.82) is 5.41 Å². The Morgan fingerprint density at radius 3 is 2.45 bits per heavy atom. The molecule has 0 heterocycles. The molecule has 1 atom stereocenters. The van der Waals surface area contributed by atoms with E-state index in [1.165, 1.54) is 7.11 Å². The molecule has 0 aliphatic heterocycles. The number of halogens is 1. The first-order chi connectivity index (χ1) is 13.8. The molecule has 0 aromatic heterocycles. The van der Waals surface area contributed by atoms with Crippen molar-refractivity contribution in [3.63, 3.8) is 0 Å². The van der Waals surface area contributed by atoms with Crippen LogP contribution in [0, 0.1) is 5.41 Å². The van der Waals surface area contributed by atoms with Gasteiger partial charge in [-0.25, -0.2) is 4.79 Å². The number of aliphatic hydroxyl groups is 1. The first-order valence-corrected chi connectivity index (χ1v) is 9.66. The lowest BCUT2D eigenvalue weighted by atomic mass is 9.85. The summed E-state index contributed by atoms with van der Waals surface area (Å²) in [6.45, 7) is 1.50. The number of amidine groups is 1. The van der Waals surface area contributed by atoms with Gasteiger partial charge in [0.2, 0.25) is 0 Å². The van der Waals surface area contributed by atoms with Crippen LogP contribution in [0.4, 0.5) is 5.69 Å². The Bertz CT molecular complexity index is 888. The highest BCUT2D eigenvalue weighted by atomic mass is 79.9. The number of nitrogen functional groups attached to an aromatic ring is 1. The maximum atomic E-state index is 12.5. The normalized spacial score (nSPS) is 12.7. The third-order valence-corrected chi connectivity index (χ3v) is 4.94. The summed E-state index contributed by atoms with van der Waals surface area (Å²) in [6, 6.07) is 9.92. The number of hydrogen-bond donors (Lipinski definition) is 5. The minimum atomic E-state index is -1.54. The smallest absolute Gasteiger partial charge is 0.334 e. The van der Waals surface area contributed by atoms with E-state index < -0.39 is 11.5 Å². The predicted octanol–water partition coefficient (Wildman–Crippen LogP) is 2.91.